The van der Waals surface area contributed by atoms with Crippen molar-refractivity contribution in [1.82, 2.24) is 20.1 Å². The Labute approximate surface area is 112 Å². The van der Waals surface area contributed by atoms with Crippen LogP contribution in [0.4, 0.5) is 4.39 Å². The third kappa shape index (κ3) is 3.38. The number of aromatic nitrogens is 3. The number of pyridine rings is 1. The molecule has 0 bridgehead atoms. The minimum Gasteiger partial charge on any atom is -0.310 e. The van der Waals surface area contributed by atoms with Crippen molar-refractivity contribution in [2.24, 2.45) is 7.05 Å². The van der Waals surface area contributed by atoms with Crippen LogP contribution in [0.5, 0.6) is 0 Å². The lowest BCUT2D eigenvalue weighted by molar-refractivity contribution is 0.477. The number of hydrogen-bond acceptors (Lipinski definition) is 3. The molecule has 19 heavy (non-hydrogen) atoms. The van der Waals surface area contributed by atoms with Gasteiger partial charge in [-0.2, -0.15) is 5.10 Å². The highest BCUT2D eigenvalue weighted by atomic mass is 19.1. The van der Waals surface area contributed by atoms with Gasteiger partial charge in [0.15, 0.2) is 0 Å². The molecule has 5 heteroatoms. The van der Waals surface area contributed by atoms with E-state index < -0.39 is 0 Å². The summed E-state index contributed by atoms with van der Waals surface area (Å²) < 4.78 is 15.6. The molecule has 2 aromatic rings. The summed E-state index contributed by atoms with van der Waals surface area (Å²) >= 11 is 0. The molecule has 102 valence electrons. The lowest BCUT2D eigenvalue weighted by Crippen LogP contribution is -2.23. The van der Waals surface area contributed by atoms with Crippen LogP contribution in [-0.4, -0.2) is 21.3 Å². The summed E-state index contributed by atoms with van der Waals surface area (Å²) in [7, 11) is 1.92. The van der Waals surface area contributed by atoms with Crippen molar-refractivity contribution in [2.75, 3.05) is 6.54 Å². The van der Waals surface area contributed by atoms with E-state index in [2.05, 4.69) is 15.4 Å². The van der Waals surface area contributed by atoms with Crippen LogP contribution in [0.3, 0.4) is 0 Å². The fourth-order valence-corrected chi connectivity index (χ4v) is 2.22. The molecule has 0 fully saturated rings. The van der Waals surface area contributed by atoms with Crippen LogP contribution in [0, 0.1) is 5.82 Å². The standard InChI is InChI=1S/C14H19FN4/c1-3-17-14(12-7-8-16-10-13(12)15)5-4-11-6-9-18-19(11)2/h6-10,14,17H,3-5H2,1-2H3. The number of nitrogens with one attached hydrogen (secondary N) is 1. The van der Waals surface area contributed by atoms with E-state index in [9.17, 15) is 4.39 Å². The van der Waals surface area contributed by atoms with Crippen LogP contribution in [0.15, 0.2) is 30.7 Å². The van der Waals surface area contributed by atoms with Crippen molar-refractivity contribution in [2.45, 2.75) is 25.8 Å². The second-order valence-electron chi connectivity index (χ2n) is 4.49. The van der Waals surface area contributed by atoms with E-state index in [0.29, 0.717) is 5.56 Å². The van der Waals surface area contributed by atoms with Gasteiger partial charge >= 0.3 is 0 Å². The Morgan fingerprint density at radius 3 is 2.84 bits per heavy atom. The highest BCUT2D eigenvalue weighted by molar-refractivity contribution is 5.18. The molecule has 1 atom stereocenters. The summed E-state index contributed by atoms with van der Waals surface area (Å²) in [6.07, 6.45) is 6.37. The zero-order valence-corrected chi connectivity index (χ0v) is 11.3. The molecule has 0 aromatic carbocycles. The Morgan fingerprint density at radius 2 is 2.21 bits per heavy atom. The summed E-state index contributed by atoms with van der Waals surface area (Å²) in [6, 6.07) is 3.74. The van der Waals surface area contributed by atoms with Crippen molar-refractivity contribution in [3.8, 4) is 0 Å². The molecular weight excluding hydrogens is 243 g/mol. The van der Waals surface area contributed by atoms with Gasteiger partial charge in [-0.15, -0.1) is 0 Å². The first-order valence-corrected chi connectivity index (χ1v) is 6.52. The molecule has 0 saturated carbocycles. The minimum atomic E-state index is -0.251. The lowest BCUT2D eigenvalue weighted by Gasteiger charge is -2.18. The third-order valence-electron chi connectivity index (χ3n) is 3.24. The first-order valence-electron chi connectivity index (χ1n) is 6.52. The fourth-order valence-electron chi connectivity index (χ4n) is 2.22. The van der Waals surface area contributed by atoms with Crippen LogP contribution < -0.4 is 5.32 Å². The Hall–Kier alpha value is -1.75. The quantitative estimate of drug-likeness (QED) is 0.868. The molecule has 0 saturated heterocycles. The van der Waals surface area contributed by atoms with E-state index in [1.807, 2.05) is 24.7 Å². The SMILES string of the molecule is CCNC(CCc1ccnn1C)c1ccncc1F. The molecule has 4 nitrogen and oxygen atoms in total. The Kier molecular flexibility index (Phi) is 4.63. The number of hydrogen-bond donors (Lipinski definition) is 1. The third-order valence-corrected chi connectivity index (χ3v) is 3.24. The van der Waals surface area contributed by atoms with Crippen molar-refractivity contribution < 1.29 is 4.39 Å². The number of aryl methyl sites for hydroxylation is 2. The molecule has 0 aliphatic rings. The molecule has 2 aromatic heterocycles. The minimum absolute atomic E-state index is 0.00269. The molecule has 0 amide bonds. The molecule has 2 heterocycles. The Balaban J connectivity index is 2.09. The first kappa shape index (κ1) is 13.7. The highest BCUT2D eigenvalue weighted by Gasteiger charge is 2.15. The van der Waals surface area contributed by atoms with Crippen LogP contribution >= 0.6 is 0 Å². The zero-order chi connectivity index (χ0) is 13.7. The van der Waals surface area contributed by atoms with E-state index in [-0.39, 0.29) is 11.9 Å². The van der Waals surface area contributed by atoms with Crippen molar-refractivity contribution in [3.05, 3.63) is 47.8 Å². The van der Waals surface area contributed by atoms with Gasteiger partial charge in [0.05, 0.1) is 6.20 Å². The molecular formula is C14H19FN4. The molecule has 0 spiro atoms. The summed E-state index contributed by atoms with van der Waals surface area (Å²) in [5.74, 6) is -0.251. The van der Waals surface area contributed by atoms with Gasteiger partial charge < -0.3 is 5.32 Å². The van der Waals surface area contributed by atoms with Crippen LogP contribution in [0.2, 0.25) is 0 Å². The summed E-state index contributed by atoms with van der Waals surface area (Å²) in [4.78, 5) is 3.79. The highest BCUT2D eigenvalue weighted by Crippen LogP contribution is 2.21. The first-order chi connectivity index (χ1) is 9.22. The molecule has 0 aliphatic heterocycles. The van der Waals surface area contributed by atoms with E-state index in [0.717, 1.165) is 25.1 Å². The van der Waals surface area contributed by atoms with Gasteiger partial charge in [0.25, 0.3) is 0 Å². The maximum Gasteiger partial charge on any atom is 0.146 e. The van der Waals surface area contributed by atoms with Crippen LogP contribution in [0.1, 0.15) is 30.6 Å². The smallest absolute Gasteiger partial charge is 0.146 e. The van der Waals surface area contributed by atoms with Crippen molar-refractivity contribution in [1.29, 1.82) is 0 Å². The summed E-state index contributed by atoms with van der Waals surface area (Å²) in [6.45, 7) is 2.83. The summed E-state index contributed by atoms with van der Waals surface area (Å²) in [5, 5.41) is 7.47. The Morgan fingerprint density at radius 1 is 1.37 bits per heavy atom. The molecule has 0 radical (unpaired) electrons. The average molecular weight is 262 g/mol. The van der Waals surface area contributed by atoms with Gasteiger partial charge in [0, 0.05) is 36.7 Å². The monoisotopic (exact) mass is 262 g/mol. The summed E-state index contributed by atoms with van der Waals surface area (Å²) in [5.41, 5.74) is 1.83. The van der Waals surface area contributed by atoms with E-state index >= 15 is 0 Å². The predicted octanol–water partition coefficient (Wildman–Crippen LogP) is 2.24. The zero-order valence-electron chi connectivity index (χ0n) is 11.3. The maximum absolute atomic E-state index is 13.8. The maximum atomic E-state index is 13.8. The molecule has 0 aliphatic carbocycles. The second-order valence-corrected chi connectivity index (χ2v) is 4.49. The van der Waals surface area contributed by atoms with Crippen molar-refractivity contribution >= 4 is 0 Å². The molecule has 1 N–H and O–H groups in total. The average Bonchev–Trinajstić information content (AvgIpc) is 2.81. The van der Waals surface area contributed by atoms with Gasteiger partial charge in [0.1, 0.15) is 5.82 Å². The van der Waals surface area contributed by atoms with Gasteiger partial charge in [-0.25, -0.2) is 4.39 Å². The second kappa shape index (κ2) is 6.43. The molecule has 2 rings (SSSR count). The van der Waals surface area contributed by atoms with E-state index in [1.165, 1.54) is 6.20 Å². The van der Waals surface area contributed by atoms with Gasteiger partial charge in [-0.1, -0.05) is 6.92 Å². The lowest BCUT2D eigenvalue weighted by atomic mass is 10.0. The topological polar surface area (TPSA) is 42.7 Å². The number of nitrogens with zero attached hydrogens (tertiary/aromatic N) is 3. The normalized spacial score (nSPS) is 12.6. The fraction of sp³-hybridized carbons (Fsp3) is 0.429. The van der Waals surface area contributed by atoms with Gasteiger partial charge in [-0.3, -0.25) is 9.67 Å². The van der Waals surface area contributed by atoms with E-state index in [1.54, 1.807) is 18.5 Å². The molecule has 1 unspecified atom stereocenters. The predicted molar refractivity (Wildman–Crippen MR) is 72.1 cm³/mol. The van der Waals surface area contributed by atoms with Crippen molar-refractivity contribution in [3.63, 3.8) is 0 Å². The Bertz CT molecular complexity index is 524. The number of halogens is 1. The van der Waals surface area contributed by atoms with Gasteiger partial charge in [-0.05, 0) is 31.5 Å². The van der Waals surface area contributed by atoms with E-state index in [4.69, 9.17) is 0 Å². The largest absolute Gasteiger partial charge is 0.310 e. The number of rotatable bonds is 6. The van der Waals surface area contributed by atoms with Crippen LogP contribution in [-0.2, 0) is 13.5 Å². The van der Waals surface area contributed by atoms with Gasteiger partial charge in [0.2, 0.25) is 0 Å². The van der Waals surface area contributed by atoms with Crippen LogP contribution in [0.25, 0.3) is 0 Å².